The Morgan fingerprint density at radius 3 is 2.56 bits per heavy atom. The van der Waals surface area contributed by atoms with Gasteiger partial charge in [0.15, 0.2) is 11.7 Å². The van der Waals surface area contributed by atoms with Crippen molar-refractivity contribution >= 4 is 23.2 Å². The van der Waals surface area contributed by atoms with Crippen LogP contribution in [0.3, 0.4) is 0 Å². The van der Waals surface area contributed by atoms with Crippen LogP contribution in [-0.4, -0.2) is 27.4 Å². The molecule has 1 aromatic carbocycles. The fourth-order valence-corrected chi connectivity index (χ4v) is 3.39. The highest BCUT2D eigenvalue weighted by molar-refractivity contribution is 6.32. The fourth-order valence-electron chi connectivity index (χ4n) is 3.10. The second-order valence-electron chi connectivity index (χ2n) is 6.08. The summed E-state index contributed by atoms with van der Waals surface area (Å²) in [4.78, 5) is 20.8. The molecule has 27 heavy (non-hydrogen) atoms. The summed E-state index contributed by atoms with van der Waals surface area (Å²) in [6, 6.07) is 11.0. The van der Waals surface area contributed by atoms with Crippen LogP contribution >= 0.6 is 11.6 Å². The first-order valence-corrected chi connectivity index (χ1v) is 8.67. The molecule has 0 saturated carbocycles. The topological polar surface area (TPSA) is 69.6 Å². The molecule has 0 N–H and O–H groups in total. The number of aromatic nitrogens is 3. The van der Waals surface area contributed by atoms with Crippen LogP contribution < -0.4 is 0 Å². The van der Waals surface area contributed by atoms with E-state index in [-0.39, 0.29) is 0 Å². The standard InChI is InChI=1S/C20H16ClN3O3/c1-11-18(27-12(2)22-11)15-7-5-4-6-14(15)17-19(21)24-9-8-13(20(25)26-3)10-16(24)23-17/h4-10H,1-3H3. The Labute approximate surface area is 160 Å². The lowest BCUT2D eigenvalue weighted by Gasteiger charge is -2.06. The maximum atomic E-state index is 11.8. The zero-order valence-corrected chi connectivity index (χ0v) is 15.7. The number of halogens is 1. The molecule has 0 aliphatic carbocycles. The SMILES string of the molecule is COC(=O)c1ccn2c(Cl)c(-c3ccccc3-c3oc(C)nc3C)nc2c1. The number of oxazole rings is 1. The van der Waals surface area contributed by atoms with E-state index in [1.807, 2.05) is 38.1 Å². The van der Waals surface area contributed by atoms with Crippen molar-refractivity contribution in [3.05, 3.63) is 64.9 Å². The molecule has 0 fully saturated rings. The van der Waals surface area contributed by atoms with Crippen LogP contribution in [0.1, 0.15) is 21.9 Å². The first-order valence-electron chi connectivity index (χ1n) is 8.29. The first kappa shape index (κ1) is 17.3. The summed E-state index contributed by atoms with van der Waals surface area (Å²) in [5, 5.41) is 0.447. The monoisotopic (exact) mass is 381 g/mol. The quantitative estimate of drug-likeness (QED) is 0.480. The molecule has 0 aliphatic rings. The summed E-state index contributed by atoms with van der Waals surface area (Å²) in [6.45, 7) is 3.71. The summed E-state index contributed by atoms with van der Waals surface area (Å²) < 4.78 is 12.3. The molecular formula is C20H16ClN3O3. The number of hydrogen-bond acceptors (Lipinski definition) is 5. The minimum absolute atomic E-state index is 0.410. The molecule has 136 valence electrons. The smallest absolute Gasteiger partial charge is 0.338 e. The number of esters is 1. The molecule has 0 radical (unpaired) electrons. The maximum Gasteiger partial charge on any atom is 0.338 e. The van der Waals surface area contributed by atoms with Gasteiger partial charge in [0.1, 0.15) is 16.5 Å². The van der Waals surface area contributed by atoms with Crippen LogP contribution in [0, 0.1) is 13.8 Å². The Kier molecular flexibility index (Phi) is 4.20. The van der Waals surface area contributed by atoms with Crippen molar-refractivity contribution in [2.45, 2.75) is 13.8 Å². The fraction of sp³-hybridized carbons (Fsp3) is 0.150. The molecule has 0 aliphatic heterocycles. The van der Waals surface area contributed by atoms with Gasteiger partial charge in [-0.3, -0.25) is 4.40 Å². The Hall–Kier alpha value is -3.12. The molecule has 4 aromatic rings. The van der Waals surface area contributed by atoms with Gasteiger partial charge in [0.05, 0.1) is 18.4 Å². The van der Waals surface area contributed by atoms with Crippen LogP contribution in [0.2, 0.25) is 5.15 Å². The van der Waals surface area contributed by atoms with E-state index in [0.717, 1.165) is 16.8 Å². The summed E-state index contributed by atoms with van der Waals surface area (Å²) >= 11 is 6.60. The average molecular weight is 382 g/mol. The van der Waals surface area contributed by atoms with E-state index < -0.39 is 5.97 Å². The van der Waals surface area contributed by atoms with E-state index in [1.54, 1.807) is 22.7 Å². The van der Waals surface area contributed by atoms with Gasteiger partial charge in [-0.2, -0.15) is 0 Å². The van der Waals surface area contributed by atoms with Crippen molar-refractivity contribution in [1.82, 2.24) is 14.4 Å². The van der Waals surface area contributed by atoms with Gasteiger partial charge in [0.25, 0.3) is 0 Å². The van der Waals surface area contributed by atoms with Gasteiger partial charge in [-0.1, -0.05) is 35.9 Å². The number of carbonyl (C=O) groups is 1. The van der Waals surface area contributed by atoms with Gasteiger partial charge in [-0.25, -0.2) is 14.8 Å². The van der Waals surface area contributed by atoms with Crippen LogP contribution in [0.25, 0.3) is 28.2 Å². The second kappa shape index (κ2) is 6.55. The summed E-state index contributed by atoms with van der Waals surface area (Å²) in [5.74, 6) is 0.860. The third-order valence-corrected chi connectivity index (χ3v) is 4.68. The highest BCUT2D eigenvalue weighted by atomic mass is 35.5. The van der Waals surface area contributed by atoms with Gasteiger partial charge < -0.3 is 9.15 Å². The van der Waals surface area contributed by atoms with Crippen LogP contribution in [-0.2, 0) is 4.74 Å². The minimum atomic E-state index is -0.425. The molecule has 7 heteroatoms. The number of carbonyl (C=O) groups excluding carboxylic acids is 1. The van der Waals surface area contributed by atoms with Crippen molar-refractivity contribution < 1.29 is 13.9 Å². The predicted octanol–water partition coefficient (Wildman–Crippen LogP) is 4.71. The molecule has 4 rings (SSSR count). The Morgan fingerprint density at radius 1 is 1.15 bits per heavy atom. The largest absolute Gasteiger partial charge is 0.465 e. The van der Waals surface area contributed by atoms with Crippen molar-refractivity contribution in [2.75, 3.05) is 7.11 Å². The van der Waals surface area contributed by atoms with Gasteiger partial charge in [-0.05, 0) is 19.1 Å². The van der Waals surface area contributed by atoms with Gasteiger partial charge in [0.2, 0.25) is 0 Å². The number of methoxy groups -OCH3 is 1. The molecule has 0 bridgehead atoms. The number of rotatable bonds is 3. The van der Waals surface area contributed by atoms with Crippen LogP contribution in [0.15, 0.2) is 47.0 Å². The van der Waals surface area contributed by atoms with E-state index in [2.05, 4.69) is 9.97 Å². The van der Waals surface area contributed by atoms with E-state index >= 15 is 0 Å². The predicted molar refractivity (Wildman–Crippen MR) is 102 cm³/mol. The number of nitrogens with zero attached hydrogens (tertiary/aromatic N) is 3. The number of hydrogen-bond donors (Lipinski definition) is 0. The molecule has 0 unspecified atom stereocenters. The van der Waals surface area contributed by atoms with E-state index in [9.17, 15) is 4.79 Å². The maximum absolute atomic E-state index is 11.8. The first-order chi connectivity index (χ1) is 13.0. The van der Waals surface area contributed by atoms with E-state index in [1.165, 1.54) is 7.11 Å². The molecule has 0 saturated heterocycles. The van der Waals surface area contributed by atoms with Crippen molar-refractivity contribution in [2.24, 2.45) is 0 Å². The number of fused-ring (bicyclic) bond motifs is 1. The zero-order chi connectivity index (χ0) is 19.1. The van der Waals surface area contributed by atoms with Crippen LogP contribution in [0.4, 0.5) is 0 Å². The van der Waals surface area contributed by atoms with Gasteiger partial charge >= 0.3 is 5.97 Å². The molecular weight excluding hydrogens is 366 g/mol. The lowest BCUT2D eigenvalue weighted by molar-refractivity contribution is 0.0600. The molecule has 3 heterocycles. The molecule has 0 spiro atoms. The van der Waals surface area contributed by atoms with E-state index in [4.69, 9.17) is 20.8 Å². The highest BCUT2D eigenvalue weighted by Crippen LogP contribution is 2.37. The normalized spacial score (nSPS) is 11.1. The van der Waals surface area contributed by atoms with Gasteiger partial charge in [0, 0.05) is 24.2 Å². The third-order valence-electron chi connectivity index (χ3n) is 4.32. The zero-order valence-electron chi connectivity index (χ0n) is 15.0. The third kappa shape index (κ3) is 2.88. The number of ether oxygens (including phenoxy) is 1. The highest BCUT2D eigenvalue weighted by Gasteiger charge is 2.20. The molecule has 0 amide bonds. The van der Waals surface area contributed by atoms with Crippen molar-refractivity contribution in [3.8, 4) is 22.6 Å². The van der Waals surface area contributed by atoms with Crippen LogP contribution in [0.5, 0.6) is 0 Å². The minimum Gasteiger partial charge on any atom is -0.465 e. The summed E-state index contributed by atoms with van der Waals surface area (Å²) in [6.07, 6.45) is 1.70. The summed E-state index contributed by atoms with van der Waals surface area (Å²) in [5.41, 5.74) is 4.04. The number of imidazole rings is 1. The Morgan fingerprint density at radius 2 is 1.89 bits per heavy atom. The number of pyridine rings is 1. The molecule has 3 aromatic heterocycles. The van der Waals surface area contributed by atoms with Crippen molar-refractivity contribution in [3.63, 3.8) is 0 Å². The second-order valence-corrected chi connectivity index (χ2v) is 6.44. The van der Waals surface area contributed by atoms with E-state index in [0.29, 0.717) is 33.7 Å². The lowest BCUT2D eigenvalue weighted by Crippen LogP contribution is -2.01. The number of benzene rings is 1. The Bertz CT molecular complexity index is 1180. The Balaban J connectivity index is 1.92. The lowest BCUT2D eigenvalue weighted by atomic mass is 10.0. The average Bonchev–Trinajstić information content (AvgIpc) is 3.19. The van der Waals surface area contributed by atoms with Gasteiger partial charge in [-0.15, -0.1) is 0 Å². The van der Waals surface area contributed by atoms with Crippen molar-refractivity contribution in [1.29, 1.82) is 0 Å². The number of aryl methyl sites for hydroxylation is 2. The summed E-state index contributed by atoms with van der Waals surface area (Å²) in [7, 11) is 1.34. The molecule has 6 nitrogen and oxygen atoms in total. The molecule has 0 atom stereocenters.